The summed E-state index contributed by atoms with van der Waals surface area (Å²) in [4.78, 5) is 12.4. The fourth-order valence-corrected chi connectivity index (χ4v) is 4.57. The van der Waals surface area contributed by atoms with Crippen LogP contribution in [-0.4, -0.2) is 52.0 Å². The van der Waals surface area contributed by atoms with Gasteiger partial charge >= 0.3 is 0 Å². The fraction of sp³-hybridized carbons (Fsp3) is 0.381. The lowest BCUT2D eigenvalue weighted by atomic mass is 10.1. The van der Waals surface area contributed by atoms with E-state index in [2.05, 4.69) is 5.32 Å². The Bertz CT molecular complexity index is 922. The Morgan fingerprint density at radius 2 is 1.79 bits per heavy atom. The highest BCUT2D eigenvalue weighted by Gasteiger charge is 2.26. The van der Waals surface area contributed by atoms with Gasteiger partial charge in [-0.3, -0.25) is 4.79 Å². The average Bonchev–Trinajstić information content (AvgIpc) is 2.77. The van der Waals surface area contributed by atoms with Gasteiger partial charge in [0.1, 0.15) is 5.75 Å². The van der Waals surface area contributed by atoms with Gasteiger partial charge in [0.2, 0.25) is 15.9 Å². The van der Waals surface area contributed by atoms with Crippen molar-refractivity contribution in [2.45, 2.75) is 24.3 Å². The number of nitrogens with one attached hydrogen (secondary N) is 1. The molecule has 0 aromatic heterocycles. The lowest BCUT2D eigenvalue weighted by Crippen LogP contribution is -2.40. The predicted octanol–water partition coefficient (Wildman–Crippen LogP) is 1.97. The Labute approximate surface area is 171 Å². The van der Waals surface area contributed by atoms with E-state index >= 15 is 0 Å². The van der Waals surface area contributed by atoms with E-state index in [1.54, 1.807) is 31.4 Å². The Hall–Kier alpha value is -2.42. The highest BCUT2D eigenvalue weighted by atomic mass is 32.2. The van der Waals surface area contributed by atoms with Crippen molar-refractivity contribution in [3.8, 4) is 5.75 Å². The number of morpholine rings is 1. The summed E-state index contributed by atoms with van der Waals surface area (Å²) in [5.41, 5.74) is 1.83. The molecule has 0 spiro atoms. The number of ether oxygens (including phenoxy) is 2. The lowest BCUT2D eigenvalue weighted by molar-refractivity contribution is -0.121. The van der Waals surface area contributed by atoms with E-state index in [4.69, 9.17) is 9.47 Å². The monoisotopic (exact) mass is 418 g/mol. The predicted molar refractivity (Wildman–Crippen MR) is 109 cm³/mol. The molecule has 1 N–H and O–H groups in total. The maximum atomic E-state index is 12.6. The molecule has 8 heteroatoms. The molecule has 7 nitrogen and oxygen atoms in total. The van der Waals surface area contributed by atoms with Crippen LogP contribution in [0.3, 0.4) is 0 Å². The van der Waals surface area contributed by atoms with E-state index in [1.807, 2.05) is 24.3 Å². The Morgan fingerprint density at radius 1 is 1.10 bits per heavy atom. The van der Waals surface area contributed by atoms with Crippen LogP contribution in [0.1, 0.15) is 17.5 Å². The number of aryl methyl sites for hydroxylation is 1. The first kappa shape index (κ1) is 21.3. The molecule has 2 aromatic carbocycles. The number of carbonyl (C=O) groups is 1. The molecule has 3 rings (SSSR count). The number of carbonyl (C=O) groups excluding carboxylic acids is 1. The molecular formula is C21H26N2O5S. The zero-order chi connectivity index (χ0) is 20.7. The first-order chi connectivity index (χ1) is 14.0. The Morgan fingerprint density at radius 3 is 2.48 bits per heavy atom. The number of rotatable bonds is 8. The normalized spacial score (nSPS) is 15.1. The van der Waals surface area contributed by atoms with Crippen molar-refractivity contribution in [1.29, 1.82) is 0 Å². The van der Waals surface area contributed by atoms with Gasteiger partial charge in [0.05, 0.1) is 25.2 Å². The summed E-state index contributed by atoms with van der Waals surface area (Å²) in [6.45, 7) is 1.91. The van der Waals surface area contributed by atoms with Crippen LogP contribution in [0.15, 0.2) is 53.4 Å². The van der Waals surface area contributed by atoms with Crippen LogP contribution in [0.2, 0.25) is 0 Å². The highest BCUT2D eigenvalue weighted by Crippen LogP contribution is 2.19. The Balaban J connectivity index is 1.51. The van der Waals surface area contributed by atoms with Crippen LogP contribution in [0.5, 0.6) is 5.75 Å². The third-order valence-electron chi connectivity index (χ3n) is 4.83. The molecule has 156 valence electrons. The smallest absolute Gasteiger partial charge is 0.243 e. The zero-order valence-electron chi connectivity index (χ0n) is 16.5. The molecule has 1 fully saturated rings. The van der Waals surface area contributed by atoms with Crippen molar-refractivity contribution >= 4 is 15.9 Å². The minimum absolute atomic E-state index is 0.0686. The van der Waals surface area contributed by atoms with Gasteiger partial charge in [0, 0.05) is 26.1 Å². The quantitative estimate of drug-likeness (QED) is 0.709. The van der Waals surface area contributed by atoms with Gasteiger partial charge in [0.15, 0.2) is 0 Å². The molecule has 1 amide bonds. The molecular weight excluding hydrogens is 392 g/mol. The van der Waals surface area contributed by atoms with Crippen molar-refractivity contribution < 1.29 is 22.7 Å². The number of benzene rings is 2. The fourth-order valence-electron chi connectivity index (χ4n) is 3.16. The average molecular weight is 419 g/mol. The second kappa shape index (κ2) is 9.87. The van der Waals surface area contributed by atoms with Gasteiger partial charge < -0.3 is 14.8 Å². The first-order valence-electron chi connectivity index (χ1n) is 9.56. The number of amides is 1. The maximum absolute atomic E-state index is 12.6. The number of nitrogens with zero attached hydrogens (tertiary/aromatic N) is 1. The highest BCUT2D eigenvalue weighted by molar-refractivity contribution is 7.89. The van der Waals surface area contributed by atoms with Crippen LogP contribution in [0.25, 0.3) is 0 Å². The van der Waals surface area contributed by atoms with Gasteiger partial charge in [-0.2, -0.15) is 4.31 Å². The molecule has 0 bridgehead atoms. The number of hydrogen-bond acceptors (Lipinski definition) is 5. The second-order valence-electron chi connectivity index (χ2n) is 6.75. The first-order valence-corrected chi connectivity index (χ1v) is 11.0. The van der Waals surface area contributed by atoms with Crippen molar-refractivity contribution in [3.63, 3.8) is 0 Å². The van der Waals surface area contributed by atoms with Gasteiger partial charge in [-0.15, -0.1) is 0 Å². The standard InChI is InChI=1S/C21H26N2O5S/c1-27-20-5-3-2-4-18(20)8-11-21(24)22-16-17-6-9-19(10-7-17)29(25,26)23-12-14-28-15-13-23/h2-7,9-10H,8,11-16H2,1H3,(H,22,24). The molecule has 0 unspecified atom stereocenters. The van der Waals surface area contributed by atoms with Gasteiger partial charge in [-0.25, -0.2) is 8.42 Å². The Kier molecular flexibility index (Phi) is 7.24. The van der Waals surface area contributed by atoms with Gasteiger partial charge in [-0.1, -0.05) is 30.3 Å². The third-order valence-corrected chi connectivity index (χ3v) is 6.75. The van der Waals surface area contributed by atoms with E-state index < -0.39 is 10.0 Å². The van der Waals surface area contributed by atoms with E-state index in [9.17, 15) is 13.2 Å². The molecule has 0 saturated carbocycles. The maximum Gasteiger partial charge on any atom is 0.243 e. The zero-order valence-corrected chi connectivity index (χ0v) is 17.3. The van der Waals surface area contributed by atoms with Crippen LogP contribution in [0, 0.1) is 0 Å². The second-order valence-corrected chi connectivity index (χ2v) is 8.69. The van der Waals surface area contributed by atoms with Crippen molar-refractivity contribution in [3.05, 3.63) is 59.7 Å². The number of para-hydroxylation sites is 1. The van der Waals surface area contributed by atoms with E-state index in [1.165, 1.54) is 4.31 Å². The number of methoxy groups -OCH3 is 1. The summed E-state index contributed by atoms with van der Waals surface area (Å²) < 4.78 is 37.2. The minimum Gasteiger partial charge on any atom is -0.496 e. The summed E-state index contributed by atoms with van der Waals surface area (Å²) in [5.74, 6) is 0.707. The van der Waals surface area contributed by atoms with Crippen LogP contribution in [-0.2, 0) is 32.5 Å². The summed E-state index contributed by atoms with van der Waals surface area (Å²) >= 11 is 0. The van der Waals surface area contributed by atoms with Gasteiger partial charge in [-0.05, 0) is 35.7 Å². The molecule has 1 aliphatic rings. The van der Waals surface area contributed by atoms with E-state index in [0.717, 1.165) is 16.9 Å². The SMILES string of the molecule is COc1ccccc1CCC(=O)NCc1ccc(S(=O)(=O)N2CCOCC2)cc1. The molecule has 0 atom stereocenters. The summed E-state index contributed by atoms with van der Waals surface area (Å²) in [6, 6.07) is 14.3. The summed E-state index contributed by atoms with van der Waals surface area (Å²) in [7, 11) is -1.89. The molecule has 2 aromatic rings. The van der Waals surface area contributed by atoms with Crippen molar-refractivity contribution in [2.24, 2.45) is 0 Å². The van der Waals surface area contributed by atoms with Crippen molar-refractivity contribution in [1.82, 2.24) is 9.62 Å². The van der Waals surface area contributed by atoms with Crippen LogP contribution >= 0.6 is 0 Å². The van der Waals surface area contributed by atoms with Crippen molar-refractivity contribution in [2.75, 3.05) is 33.4 Å². The topological polar surface area (TPSA) is 84.9 Å². The van der Waals surface area contributed by atoms with E-state index in [-0.39, 0.29) is 10.8 Å². The largest absolute Gasteiger partial charge is 0.496 e. The third kappa shape index (κ3) is 5.56. The molecule has 1 saturated heterocycles. The molecule has 29 heavy (non-hydrogen) atoms. The van der Waals surface area contributed by atoms with Gasteiger partial charge in [0.25, 0.3) is 0 Å². The summed E-state index contributed by atoms with van der Waals surface area (Å²) in [5, 5.41) is 2.87. The van der Waals surface area contributed by atoms with E-state index in [0.29, 0.717) is 45.7 Å². The minimum atomic E-state index is -3.50. The molecule has 1 heterocycles. The number of sulfonamides is 1. The van der Waals surface area contributed by atoms with Crippen LogP contribution in [0.4, 0.5) is 0 Å². The molecule has 0 radical (unpaired) electrons. The molecule has 1 aliphatic heterocycles. The number of hydrogen-bond donors (Lipinski definition) is 1. The lowest BCUT2D eigenvalue weighted by Gasteiger charge is -2.26. The summed E-state index contributed by atoms with van der Waals surface area (Å²) in [6.07, 6.45) is 0.941. The molecule has 0 aliphatic carbocycles. The van der Waals surface area contributed by atoms with Crippen LogP contribution < -0.4 is 10.1 Å².